The van der Waals surface area contributed by atoms with E-state index < -0.39 is 0 Å². The van der Waals surface area contributed by atoms with Crippen molar-refractivity contribution in [3.8, 4) is 0 Å². The minimum atomic E-state index is -0.00251. The molecule has 1 aromatic heterocycles. The Bertz CT molecular complexity index is 887. The summed E-state index contributed by atoms with van der Waals surface area (Å²) in [7, 11) is 0. The van der Waals surface area contributed by atoms with Crippen molar-refractivity contribution in [1.82, 2.24) is 19.7 Å². The number of para-hydroxylation sites is 1. The Balaban J connectivity index is 1.33. The van der Waals surface area contributed by atoms with Gasteiger partial charge in [-0.1, -0.05) is 12.1 Å². The SMILES string of the molecule is CC(=O)N1CCN(C(=O)CCC(=O)N2CCCC2c2nc3ccccc3s2)CC1. The van der Waals surface area contributed by atoms with Gasteiger partial charge in [0.15, 0.2) is 0 Å². The average molecular weight is 415 g/mol. The number of benzene rings is 1. The van der Waals surface area contributed by atoms with Crippen molar-refractivity contribution in [1.29, 1.82) is 0 Å². The van der Waals surface area contributed by atoms with E-state index in [2.05, 4.69) is 6.07 Å². The molecule has 2 saturated heterocycles. The van der Waals surface area contributed by atoms with Crippen molar-refractivity contribution in [2.24, 2.45) is 0 Å². The Morgan fingerprint density at radius 3 is 2.41 bits per heavy atom. The van der Waals surface area contributed by atoms with E-state index in [-0.39, 0.29) is 36.6 Å². The summed E-state index contributed by atoms with van der Waals surface area (Å²) in [6, 6.07) is 8.06. The van der Waals surface area contributed by atoms with Crippen LogP contribution in [0, 0.1) is 0 Å². The third kappa shape index (κ3) is 4.27. The fourth-order valence-electron chi connectivity index (χ4n) is 4.14. The summed E-state index contributed by atoms with van der Waals surface area (Å²) in [4.78, 5) is 46.9. The smallest absolute Gasteiger partial charge is 0.223 e. The lowest BCUT2D eigenvalue weighted by Crippen LogP contribution is -2.50. The number of amides is 3. The molecule has 2 aliphatic heterocycles. The van der Waals surface area contributed by atoms with Gasteiger partial charge >= 0.3 is 0 Å². The topological polar surface area (TPSA) is 73.8 Å². The van der Waals surface area contributed by atoms with Gasteiger partial charge in [0.1, 0.15) is 5.01 Å². The molecule has 154 valence electrons. The maximum atomic E-state index is 12.9. The van der Waals surface area contributed by atoms with Crippen LogP contribution in [-0.2, 0) is 14.4 Å². The fraction of sp³-hybridized carbons (Fsp3) is 0.524. The Morgan fingerprint density at radius 1 is 1.00 bits per heavy atom. The molecule has 7 nitrogen and oxygen atoms in total. The monoisotopic (exact) mass is 414 g/mol. The predicted molar refractivity (Wildman–Crippen MR) is 111 cm³/mol. The van der Waals surface area contributed by atoms with E-state index in [1.165, 1.54) is 0 Å². The van der Waals surface area contributed by atoms with Crippen LogP contribution in [0.25, 0.3) is 10.2 Å². The second-order valence-corrected chi connectivity index (χ2v) is 8.71. The normalized spacial score (nSPS) is 19.8. The van der Waals surface area contributed by atoms with Crippen molar-refractivity contribution in [2.75, 3.05) is 32.7 Å². The molecule has 0 radical (unpaired) electrons. The largest absolute Gasteiger partial charge is 0.339 e. The summed E-state index contributed by atoms with van der Waals surface area (Å²) in [5.41, 5.74) is 0.978. The molecule has 4 rings (SSSR count). The predicted octanol–water partition coefficient (Wildman–Crippen LogP) is 2.43. The second-order valence-electron chi connectivity index (χ2n) is 7.65. The standard InChI is InChI=1S/C21H26N4O3S/c1-15(26)23-11-13-24(14-12-23)19(27)8-9-20(28)25-10-4-6-17(25)21-22-16-5-2-3-7-18(16)29-21/h2-3,5,7,17H,4,6,8-14H2,1H3. The highest BCUT2D eigenvalue weighted by atomic mass is 32.1. The third-order valence-corrected chi connectivity index (χ3v) is 6.94. The highest BCUT2D eigenvalue weighted by molar-refractivity contribution is 7.18. The first-order valence-corrected chi connectivity index (χ1v) is 11.0. The highest BCUT2D eigenvalue weighted by Crippen LogP contribution is 2.36. The van der Waals surface area contributed by atoms with Gasteiger partial charge in [-0.25, -0.2) is 4.98 Å². The summed E-state index contributed by atoms with van der Waals surface area (Å²) in [5, 5.41) is 0.990. The van der Waals surface area contributed by atoms with Crippen LogP contribution >= 0.6 is 11.3 Å². The Morgan fingerprint density at radius 2 is 1.69 bits per heavy atom. The zero-order valence-corrected chi connectivity index (χ0v) is 17.5. The lowest BCUT2D eigenvalue weighted by Gasteiger charge is -2.34. The zero-order valence-electron chi connectivity index (χ0n) is 16.7. The van der Waals surface area contributed by atoms with Crippen molar-refractivity contribution in [3.63, 3.8) is 0 Å². The lowest BCUT2D eigenvalue weighted by atomic mass is 10.2. The van der Waals surface area contributed by atoms with Crippen LogP contribution < -0.4 is 0 Å². The molecular formula is C21H26N4O3S. The number of likely N-dealkylation sites (tertiary alicyclic amines) is 1. The summed E-state index contributed by atoms with van der Waals surface area (Å²) in [6.45, 7) is 4.51. The minimum absolute atomic E-state index is 0.00251. The maximum Gasteiger partial charge on any atom is 0.223 e. The van der Waals surface area contributed by atoms with Crippen LogP contribution in [0.1, 0.15) is 43.7 Å². The van der Waals surface area contributed by atoms with Gasteiger partial charge in [0.25, 0.3) is 0 Å². The van der Waals surface area contributed by atoms with Gasteiger partial charge in [0.05, 0.1) is 16.3 Å². The molecule has 2 aliphatic rings. The molecule has 1 unspecified atom stereocenters. The number of aromatic nitrogens is 1. The van der Waals surface area contributed by atoms with E-state index >= 15 is 0 Å². The molecule has 0 bridgehead atoms. The molecule has 0 spiro atoms. The van der Waals surface area contributed by atoms with Crippen LogP contribution in [-0.4, -0.2) is 70.1 Å². The molecule has 2 fully saturated rings. The van der Waals surface area contributed by atoms with Crippen molar-refractivity contribution in [2.45, 2.75) is 38.6 Å². The lowest BCUT2D eigenvalue weighted by molar-refractivity contribution is -0.140. The zero-order chi connectivity index (χ0) is 20.4. The van der Waals surface area contributed by atoms with E-state index in [0.29, 0.717) is 26.2 Å². The number of piperazine rings is 1. The molecular weight excluding hydrogens is 388 g/mol. The molecule has 3 heterocycles. The number of thiazole rings is 1. The van der Waals surface area contributed by atoms with E-state index in [9.17, 15) is 14.4 Å². The van der Waals surface area contributed by atoms with E-state index in [1.807, 2.05) is 23.1 Å². The quantitative estimate of drug-likeness (QED) is 0.770. The van der Waals surface area contributed by atoms with Gasteiger partial charge in [0.2, 0.25) is 17.7 Å². The van der Waals surface area contributed by atoms with E-state index in [0.717, 1.165) is 34.6 Å². The highest BCUT2D eigenvalue weighted by Gasteiger charge is 2.32. The molecule has 1 aromatic carbocycles. The van der Waals surface area contributed by atoms with Crippen LogP contribution in [0.2, 0.25) is 0 Å². The van der Waals surface area contributed by atoms with Crippen LogP contribution in [0.5, 0.6) is 0 Å². The van der Waals surface area contributed by atoms with Gasteiger partial charge in [-0.3, -0.25) is 14.4 Å². The maximum absolute atomic E-state index is 12.9. The third-order valence-electron chi connectivity index (χ3n) is 5.80. The number of nitrogens with zero attached hydrogens (tertiary/aromatic N) is 4. The Hall–Kier alpha value is -2.48. The van der Waals surface area contributed by atoms with E-state index in [1.54, 1.807) is 28.1 Å². The van der Waals surface area contributed by atoms with Crippen LogP contribution in [0.3, 0.4) is 0 Å². The number of hydrogen-bond acceptors (Lipinski definition) is 5. The first-order valence-electron chi connectivity index (χ1n) is 10.2. The van der Waals surface area contributed by atoms with Crippen molar-refractivity contribution >= 4 is 39.3 Å². The average Bonchev–Trinajstić information content (AvgIpc) is 3.38. The van der Waals surface area contributed by atoms with Crippen molar-refractivity contribution in [3.05, 3.63) is 29.3 Å². The Labute approximate surface area is 174 Å². The first kappa shape index (κ1) is 19.8. The summed E-state index contributed by atoms with van der Waals surface area (Å²) < 4.78 is 1.14. The van der Waals surface area contributed by atoms with Crippen LogP contribution in [0.4, 0.5) is 0 Å². The molecule has 8 heteroatoms. The van der Waals surface area contributed by atoms with Gasteiger partial charge in [0, 0.05) is 52.5 Å². The summed E-state index contributed by atoms with van der Waals surface area (Å²) >= 11 is 1.65. The summed E-state index contributed by atoms with van der Waals surface area (Å²) in [5.74, 6) is 0.0713. The van der Waals surface area contributed by atoms with Crippen LogP contribution in [0.15, 0.2) is 24.3 Å². The van der Waals surface area contributed by atoms with Crippen molar-refractivity contribution < 1.29 is 14.4 Å². The van der Waals surface area contributed by atoms with Gasteiger partial charge in [-0.05, 0) is 25.0 Å². The molecule has 29 heavy (non-hydrogen) atoms. The number of carbonyl (C=O) groups is 3. The van der Waals surface area contributed by atoms with E-state index in [4.69, 9.17) is 4.98 Å². The summed E-state index contributed by atoms with van der Waals surface area (Å²) in [6.07, 6.45) is 2.34. The second kappa shape index (κ2) is 8.49. The number of rotatable bonds is 4. The van der Waals surface area contributed by atoms with Gasteiger partial charge < -0.3 is 14.7 Å². The van der Waals surface area contributed by atoms with Gasteiger partial charge in [-0.15, -0.1) is 11.3 Å². The number of fused-ring (bicyclic) bond motifs is 1. The first-order chi connectivity index (χ1) is 14.0. The molecule has 1 atom stereocenters. The fourth-order valence-corrected chi connectivity index (χ4v) is 5.26. The van der Waals surface area contributed by atoms with Gasteiger partial charge in [-0.2, -0.15) is 0 Å². The molecule has 0 saturated carbocycles. The molecule has 0 aliphatic carbocycles. The molecule has 0 N–H and O–H groups in total. The number of carbonyl (C=O) groups excluding carboxylic acids is 3. The molecule has 2 aromatic rings. The number of hydrogen-bond donors (Lipinski definition) is 0. The molecule has 3 amide bonds. The minimum Gasteiger partial charge on any atom is -0.339 e. The Kier molecular flexibility index (Phi) is 5.80.